The van der Waals surface area contributed by atoms with Gasteiger partial charge in [-0.3, -0.25) is 14.9 Å². The van der Waals surface area contributed by atoms with Crippen molar-refractivity contribution in [2.45, 2.75) is 13.0 Å². The summed E-state index contributed by atoms with van der Waals surface area (Å²) in [4.78, 5) is 34.5. The predicted molar refractivity (Wildman–Crippen MR) is 83.8 cm³/mol. The van der Waals surface area contributed by atoms with Crippen LogP contribution in [0, 0.1) is 10.1 Å². The molecular formula is C16H12ClNO5. The highest BCUT2D eigenvalue weighted by atomic mass is 35.5. The zero-order valence-electron chi connectivity index (χ0n) is 12.1. The lowest BCUT2D eigenvalue weighted by Gasteiger charge is -2.12. The van der Waals surface area contributed by atoms with Crippen LogP contribution in [-0.2, 0) is 4.74 Å². The Kier molecular flexibility index (Phi) is 5.08. The highest BCUT2D eigenvalue weighted by Crippen LogP contribution is 2.20. The van der Waals surface area contributed by atoms with Crippen molar-refractivity contribution in [1.82, 2.24) is 0 Å². The van der Waals surface area contributed by atoms with Crippen molar-refractivity contribution in [3.05, 3.63) is 74.8 Å². The van der Waals surface area contributed by atoms with Crippen molar-refractivity contribution in [1.29, 1.82) is 0 Å². The standard InChI is InChI=1S/C16H12ClNO5/c1-10(15(19)11-5-4-6-12(17)9-11)23-16(20)13-7-2-3-8-14(13)18(21)22/h2-10H,1H3. The van der Waals surface area contributed by atoms with Crippen molar-refractivity contribution in [2.24, 2.45) is 0 Å². The third-order valence-electron chi connectivity index (χ3n) is 3.08. The van der Waals surface area contributed by atoms with Crippen LogP contribution in [0.4, 0.5) is 5.69 Å². The molecule has 0 fully saturated rings. The van der Waals surface area contributed by atoms with Crippen LogP contribution in [0.2, 0.25) is 5.02 Å². The largest absolute Gasteiger partial charge is 0.450 e. The fourth-order valence-electron chi connectivity index (χ4n) is 1.96. The molecule has 0 amide bonds. The summed E-state index contributed by atoms with van der Waals surface area (Å²) in [5.41, 5.74) is -0.288. The zero-order chi connectivity index (χ0) is 17.0. The lowest BCUT2D eigenvalue weighted by atomic mass is 10.1. The first-order valence-corrected chi connectivity index (χ1v) is 7.02. The van der Waals surface area contributed by atoms with E-state index in [0.29, 0.717) is 10.6 Å². The van der Waals surface area contributed by atoms with Crippen molar-refractivity contribution < 1.29 is 19.2 Å². The summed E-state index contributed by atoms with van der Waals surface area (Å²) in [6.45, 7) is 1.40. The third-order valence-corrected chi connectivity index (χ3v) is 3.32. The van der Waals surface area contributed by atoms with Crippen LogP contribution < -0.4 is 0 Å². The van der Waals surface area contributed by atoms with Gasteiger partial charge in [0, 0.05) is 16.7 Å². The summed E-state index contributed by atoms with van der Waals surface area (Å²) in [5.74, 6) is -1.38. The van der Waals surface area contributed by atoms with Gasteiger partial charge in [-0.1, -0.05) is 35.9 Å². The Morgan fingerprint density at radius 1 is 1.17 bits per heavy atom. The predicted octanol–water partition coefficient (Wildman–Crippen LogP) is 3.68. The Morgan fingerprint density at radius 2 is 1.87 bits per heavy atom. The van der Waals surface area contributed by atoms with Gasteiger partial charge in [0.05, 0.1) is 4.92 Å². The summed E-state index contributed by atoms with van der Waals surface area (Å²) in [5, 5.41) is 11.3. The van der Waals surface area contributed by atoms with Gasteiger partial charge in [-0.25, -0.2) is 4.79 Å². The molecule has 23 heavy (non-hydrogen) atoms. The molecule has 2 aromatic rings. The summed E-state index contributed by atoms with van der Waals surface area (Å²) in [6.07, 6.45) is -1.10. The number of hydrogen-bond donors (Lipinski definition) is 0. The van der Waals surface area contributed by atoms with Crippen molar-refractivity contribution in [3.8, 4) is 0 Å². The van der Waals surface area contributed by atoms with Gasteiger partial charge in [-0.2, -0.15) is 0 Å². The van der Waals surface area contributed by atoms with Gasteiger partial charge in [0.1, 0.15) is 5.56 Å². The first-order chi connectivity index (χ1) is 10.9. The van der Waals surface area contributed by atoms with Crippen molar-refractivity contribution >= 4 is 29.0 Å². The third kappa shape index (κ3) is 3.92. The highest BCUT2D eigenvalue weighted by molar-refractivity contribution is 6.31. The van der Waals surface area contributed by atoms with E-state index in [9.17, 15) is 19.7 Å². The maximum absolute atomic E-state index is 12.2. The van der Waals surface area contributed by atoms with Crippen LogP contribution in [0.5, 0.6) is 0 Å². The lowest BCUT2D eigenvalue weighted by molar-refractivity contribution is -0.385. The lowest BCUT2D eigenvalue weighted by Crippen LogP contribution is -2.24. The maximum atomic E-state index is 12.2. The van der Waals surface area contributed by atoms with Gasteiger partial charge < -0.3 is 4.74 Å². The second kappa shape index (κ2) is 7.02. The Bertz CT molecular complexity index is 775. The van der Waals surface area contributed by atoms with Gasteiger partial charge in [-0.05, 0) is 25.1 Å². The molecule has 0 aromatic heterocycles. The summed E-state index contributed by atoms with van der Waals surface area (Å²) in [6, 6.07) is 11.6. The molecule has 0 radical (unpaired) electrons. The molecule has 7 heteroatoms. The molecule has 0 saturated heterocycles. The average molecular weight is 334 g/mol. The van der Waals surface area contributed by atoms with Gasteiger partial charge in [0.15, 0.2) is 6.10 Å². The Labute approximate surface area is 136 Å². The van der Waals surface area contributed by atoms with Crippen LogP contribution >= 0.6 is 11.6 Å². The average Bonchev–Trinajstić information content (AvgIpc) is 2.53. The van der Waals surface area contributed by atoms with Crippen LogP contribution in [0.25, 0.3) is 0 Å². The molecule has 0 aliphatic heterocycles. The van der Waals surface area contributed by atoms with E-state index in [1.165, 1.54) is 37.3 Å². The second-order valence-electron chi connectivity index (χ2n) is 4.70. The Hall–Kier alpha value is -2.73. The van der Waals surface area contributed by atoms with E-state index >= 15 is 0 Å². The number of esters is 1. The van der Waals surface area contributed by atoms with Gasteiger partial charge in [0.2, 0.25) is 5.78 Å². The number of ketones is 1. The minimum Gasteiger partial charge on any atom is -0.450 e. The number of carbonyl (C=O) groups excluding carboxylic acids is 2. The molecule has 1 unspecified atom stereocenters. The van der Waals surface area contributed by atoms with E-state index in [0.717, 1.165) is 0 Å². The van der Waals surface area contributed by atoms with Crippen LogP contribution in [0.3, 0.4) is 0 Å². The molecule has 0 aliphatic carbocycles. The zero-order valence-corrected chi connectivity index (χ0v) is 12.8. The number of Topliss-reactive ketones (excluding diaryl/α,β-unsaturated/α-hetero) is 1. The number of carbonyl (C=O) groups is 2. The number of nitro benzene ring substituents is 1. The first-order valence-electron chi connectivity index (χ1n) is 6.64. The minimum atomic E-state index is -1.10. The topological polar surface area (TPSA) is 86.5 Å². The minimum absolute atomic E-state index is 0.205. The number of nitro groups is 1. The number of benzene rings is 2. The van der Waals surface area contributed by atoms with Crippen molar-refractivity contribution in [2.75, 3.05) is 0 Å². The highest BCUT2D eigenvalue weighted by Gasteiger charge is 2.25. The molecule has 6 nitrogen and oxygen atoms in total. The molecule has 0 bridgehead atoms. The Morgan fingerprint density at radius 3 is 2.52 bits per heavy atom. The fraction of sp³-hybridized carbons (Fsp3) is 0.125. The molecule has 0 heterocycles. The maximum Gasteiger partial charge on any atom is 0.345 e. The molecule has 2 rings (SSSR count). The number of nitrogens with zero attached hydrogens (tertiary/aromatic N) is 1. The number of hydrogen-bond acceptors (Lipinski definition) is 5. The normalized spacial score (nSPS) is 11.6. The van der Waals surface area contributed by atoms with E-state index in [1.807, 2.05) is 0 Å². The molecule has 2 aromatic carbocycles. The fourth-order valence-corrected chi connectivity index (χ4v) is 2.15. The number of halogens is 1. The quantitative estimate of drug-likeness (QED) is 0.360. The van der Waals surface area contributed by atoms with Crippen LogP contribution in [-0.4, -0.2) is 22.8 Å². The van der Waals surface area contributed by atoms with Gasteiger partial charge >= 0.3 is 5.97 Å². The van der Waals surface area contributed by atoms with Gasteiger partial charge in [0.25, 0.3) is 5.69 Å². The smallest absolute Gasteiger partial charge is 0.345 e. The molecule has 0 aliphatic rings. The first kappa shape index (κ1) is 16.6. The van der Waals surface area contributed by atoms with Crippen molar-refractivity contribution in [3.63, 3.8) is 0 Å². The molecule has 118 valence electrons. The SMILES string of the molecule is CC(OC(=O)c1ccccc1[N+](=O)[O-])C(=O)c1cccc(Cl)c1. The van der Waals surface area contributed by atoms with E-state index in [2.05, 4.69) is 0 Å². The molecule has 1 atom stereocenters. The van der Waals surface area contributed by atoms with E-state index in [-0.39, 0.29) is 11.3 Å². The molecule has 0 spiro atoms. The monoisotopic (exact) mass is 333 g/mol. The van der Waals surface area contributed by atoms with Crippen LogP contribution in [0.1, 0.15) is 27.6 Å². The second-order valence-corrected chi connectivity index (χ2v) is 5.13. The van der Waals surface area contributed by atoms with E-state index < -0.39 is 22.8 Å². The summed E-state index contributed by atoms with van der Waals surface area (Å²) < 4.78 is 5.05. The molecular weight excluding hydrogens is 322 g/mol. The molecule has 0 N–H and O–H groups in total. The van der Waals surface area contributed by atoms with E-state index in [1.54, 1.807) is 18.2 Å². The van der Waals surface area contributed by atoms with Gasteiger partial charge in [-0.15, -0.1) is 0 Å². The van der Waals surface area contributed by atoms with E-state index in [4.69, 9.17) is 16.3 Å². The summed E-state index contributed by atoms with van der Waals surface area (Å²) >= 11 is 5.82. The number of rotatable bonds is 5. The number of para-hydroxylation sites is 1. The molecule has 0 saturated carbocycles. The number of ether oxygens (including phenoxy) is 1. The Balaban J connectivity index is 2.17. The summed E-state index contributed by atoms with van der Waals surface area (Å²) in [7, 11) is 0. The van der Waals surface area contributed by atoms with Crippen LogP contribution in [0.15, 0.2) is 48.5 Å².